The van der Waals surface area contributed by atoms with Crippen molar-refractivity contribution >= 4 is 11.9 Å². The Hall–Kier alpha value is -3.89. The summed E-state index contributed by atoms with van der Waals surface area (Å²) in [7, 11) is 0. The van der Waals surface area contributed by atoms with Crippen LogP contribution in [-0.4, -0.2) is 39.4 Å². The van der Waals surface area contributed by atoms with Gasteiger partial charge in [-0.1, -0.05) is 0 Å². The molecule has 0 radical (unpaired) electrons. The Balaban J connectivity index is 1.87. The Bertz CT molecular complexity index is 1190. The van der Waals surface area contributed by atoms with E-state index in [4.69, 9.17) is 0 Å². The predicted molar refractivity (Wildman–Crippen MR) is 98.4 cm³/mol. The van der Waals surface area contributed by atoms with Crippen molar-refractivity contribution in [3.63, 3.8) is 0 Å². The van der Waals surface area contributed by atoms with Crippen LogP contribution >= 0.6 is 0 Å². The molecule has 160 valence electrons. The van der Waals surface area contributed by atoms with Gasteiger partial charge in [-0.3, -0.25) is 9.78 Å². The second kappa shape index (κ2) is 7.42. The molecular formula is C20H13F4N3O4. The van der Waals surface area contributed by atoms with Crippen molar-refractivity contribution in [2.45, 2.75) is 12.6 Å². The van der Waals surface area contributed by atoms with Crippen molar-refractivity contribution in [2.75, 3.05) is 6.54 Å². The molecule has 0 saturated heterocycles. The molecule has 31 heavy (non-hydrogen) atoms. The summed E-state index contributed by atoms with van der Waals surface area (Å²) in [5, 5.41) is 11.9. The van der Waals surface area contributed by atoms with Crippen LogP contribution in [0.2, 0.25) is 0 Å². The van der Waals surface area contributed by atoms with Gasteiger partial charge in [-0.15, -0.1) is 0 Å². The van der Waals surface area contributed by atoms with E-state index in [2.05, 4.69) is 15.1 Å². The van der Waals surface area contributed by atoms with Crippen LogP contribution in [0.3, 0.4) is 0 Å². The molecule has 0 unspecified atom stereocenters. The van der Waals surface area contributed by atoms with Crippen LogP contribution in [-0.2, 0) is 11.2 Å². The molecule has 0 spiro atoms. The zero-order valence-electron chi connectivity index (χ0n) is 15.5. The first kappa shape index (κ1) is 20.4. The highest BCUT2D eigenvalue weighted by Gasteiger charge is 2.43. The zero-order valence-corrected chi connectivity index (χ0v) is 15.5. The van der Waals surface area contributed by atoms with Gasteiger partial charge in [-0.05, 0) is 36.4 Å². The number of carbonyl (C=O) groups excluding carboxylic acids is 2. The maximum Gasteiger partial charge on any atom is 0.493 e. The quantitative estimate of drug-likeness (QED) is 0.618. The number of nitrogens with zero attached hydrogens (tertiary/aromatic N) is 2. The van der Waals surface area contributed by atoms with Crippen LogP contribution in [0.1, 0.15) is 16.1 Å². The van der Waals surface area contributed by atoms with Crippen LogP contribution < -0.4 is 10.2 Å². The van der Waals surface area contributed by atoms with E-state index in [1.807, 2.05) is 0 Å². The number of aromatic nitrogens is 2. The van der Waals surface area contributed by atoms with E-state index in [9.17, 15) is 32.3 Å². The minimum absolute atomic E-state index is 0.00212. The molecule has 7 nitrogen and oxygen atoms in total. The number of carbonyl (C=O) groups is 2. The number of phenols is 1. The van der Waals surface area contributed by atoms with Crippen molar-refractivity contribution in [1.29, 1.82) is 0 Å². The molecule has 4 rings (SSSR count). The summed E-state index contributed by atoms with van der Waals surface area (Å²) in [6.45, 7) is 0.108. The van der Waals surface area contributed by atoms with Crippen LogP contribution in [0.4, 0.5) is 17.6 Å². The molecule has 3 aromatic rings. The fourth-order valence-corrected chi connectivity index (χ4v) is 3.21. The molecule has 1 aliphatic rings. The second-order valence-electron chi connectivity index (χ2n) is 6.66. The molecule has 1 aromatic carbocycles. The topological polar surface area (TPSA) is 93.5 Å². The smallest absolute Gasteiger partial charge is 0.493 e. The molecule has 0 aliphatic carbocycles. The van der Waals surface area contributed by atoms with E-state index in [-0.39, 0.29) is 46.9 Å². The summed E-state index contributed by atoms with van der Waals surface area (Å²) in [5.74, 6) is -4.00. The maximum atomic E-state index is 14.7. The Kier molecular flexibility index (Phi) is 4.88. The lowest BCUT2D eigenvalue weighted by molar-refractivity contribution is -0.199. The van der Waals surface area contributed by atoms with Gasteiger partial charge < -0.3 is 15.3 Å². The van der Waals surface area contributed by atoms with Crippen LogP contribution in [0.15, 0.2) is 42.6 Å². The van der Waals surface area contributed by atoms with Gasteiger partial charge in [0.2, 0.25) is 0 Å². The monoisotopic (exact) mass is 435 g/mol. The summed E-state index contributed by atoms with van der Waals surface area (Å²) in [6, 6.07) is 8.21. The second-order valence-corrected chi connectivity index (χ2v) is 6.66. The number of hydrogen-bond acceptors (Lipinski definition) is 5. The summed E-state index contributed by atoms with van der Waals surface area (Å²) >= 11 is 0. The van der Waals surface area contributed by atoms with Gasteiger partial charge in [0.1, 0.15) is 5.75 Å². The first-order valence-corrected chi connectivity index (χ1v) is 8.93. The van der Waals surface area contributed by atoms with Crippen molar-refractivity contribution in [1.82, 2.24) is 15.0 Å². The molecule has 0 bridgehead atoms. The molecule has 2 aromatic heterocycles. The van der Waals surface area contributed by atoms with Crippen LogP contribution in [0.5, 0.6) is 5.75 Å². The Morgan fingerprint density at radius 1 is 1.16 bits per heavy atom. The highest BCUT2D eigenvalue weighted by Crippen LogP contribution is 2.32. The molecule has 0 atom stereocenters. The number of rotatable bonds is 3. The fraction of sp³-hybridized carbons (Fsp3) is 0.150. The van der Waals surface area contributed by atoms with E-state index >= 15 is 0 Å². The van der Waals surface area contributed by atoms with Gasteiger partial charge in [-0.25, -0.2) is 9.18 Å². The molecule has 1 aliphatic heterocycles. The summed E-state index contributed by atoms with van der Waals surface area (Å²) in [6.07, 6.45) is -4.36. The van der Waals surface area contributed by atoms with Gasteiger partial charge >= 0.3 is 12.1 Å². The third kappa shape index (κ3) is 3.81. The average molecular weight is 435 g/mol. The van der Waals surface area contributed by atoms with Gasteiger partial charge in [0.15, 0.2) is 5.82 Å². The fourth-order valence-electron chi connectivity index (χ4n) is 3.21. The number of pyridine rings is 1. The van der Waals surface area contributed by atoms with Gasteiger partial charge in [0, 0.05) is 24.1 Å². The average Bonchev–Trinajstić information content (AvgIpc) is 3.08. The largest absolute Gasteiger partial charge is 0.508 e. The minimum Gasteiger partial charge on any atom is -0.508 e. The number of benzene rings is 1. The summed E-state index contributed by atoms with van der Waals surface area (Å²) in [4.78, 5) is 32.1. The molecule has 0 fully saturated rings. The number of aromatic hydroxyl groups is 1. The normalized spacial score (nSPS) is 13.5. The van der Waals surface area contributed by atoms with E-state index in [0.717, 1.165) is 12.3 Å². The molecule has 3 heterocycles. The first-order valence-electron chi connectivity index (χ1n) is 8.93. The third-order valence-corrected chi connectivity index (χ3v) is 4.65. The van der Waals surface area contributed by atoms with Crippen molar-refractivity contribution in [3.8, 4) is 28.3 Å². The standard InChI is InChI=1S/C20H13F4N3O4/c21-14-9-26-15(10-1-3-11(28)4-2-10)7-12(14)17-8-13-16(5-6-25-18(13)29)27(17)31-19(30)20(22,23)24/h1-4,7-9,28H,5-6H2,(H,25,29). The number of nitrogens with one attached hydrogen (secondary N) is 1. The van der Waals surface area contributed by atoms with E-state index in [1.165, 1.54) is 30.3 Å². The summed E-state index contributed by atoms with van der Waals surface area (Å²) in [5.41, 5.74) is 0.243. The Labute approximate surface area is 171 Å². The SMILES string of the molecule is O=C1NCCc2c1cc(-c1cc(-c3ccc(O)cc3)ncc1F)n2OC(=O)C(F)(F)F. The van der Waals surface area contributed by atoms with Crippen LogP contribution in [0.25, 0.3) is 22.5 Å². The Morgan fingerprint density at radius 3 is 2.55 bits per heavy atom. The zero-order chi connectivity index (χ0) is 22.3. The number of alkyl halides is 3. The lowest BCUT2D eigenvalue weighted by atomic mass is 10.1. The maximum absolute atomic E-state index is 14.7. The lowest BCUT2D eigenvalue weighted by Gasteiger charge is -2.17. The molecular weight excluding hydrogens is 422 g/mol. The Morgan fingerprint density at radius 2 is 1.87 bits per heavy atom. The molecule has 2 N–H and O–H groups in total. The highest BCUT2D eigenvalue weighted by molar-refractivity contribution is 5.98. The number of fused-ring (bicyclic) bond motifs is 1. The van der Waals surface area contributed by atoms with Gasteiger partial charge in [0.25, 0.3) is 5.91 Å². The number of halogens is 4. The lowest BCUT2D eigenvalue weighted by Crippen LogP contribution is -2.37. The van der Waals surface area contributed by atoms with E-state index in [1.54, 1.807) is 0 Å². The van der Waals surface area contributed by atoms with E-state index in [0.29, 0.717) is 10.3 Å². The summed E-state index contributed by atoms with van der Waals surface area (Å²) < 4.78 is 53.6. The highest BCUT2D eigenvalue weighted by atomic mass is 19.4. The predicted octanol–water partition coefficient (Wildman–Crippen LogP) is 2.87. The van der Waals surface area contributed by atoms with Crippen molar-refractivity contribution in [2.24, 2.45) is 0 Å². The third-order valence-electron chi connectivity index (χ3n) is 4.65. The molecule has 11 heteroatoms. The van der Waals surface area contributed by atoms with Crippen molar-refractivity contribution in [3.05, 3.63) is 59.7 Å². The minimum atomic E-state index is -5.29. The number of phenolic OH excluding ortho intramolecular Hbond substituents is 1. The number of amides is 1. The van der Waals surface area contributed by atoms with Gasteiger partial charge in [0.05, 0.1) is 28.8 Å². The van der Waals surface area contributed by atoms with Gasteiger partial charge in [-0.2, -0.15) is 17.9 Å². The van der Waals surface area contributed by atoms with E-state index < -0.39 is 23.9 Å². The molecule has 0 saturated carbocycles. The molecule has 1 amide bonds. The van der Waals surface area contributed by atoms with Crippen molar-refractivity contribution < 1.29 is 37.1 Å². The first-order chi connectivity index (χ1) is 14.6. The van der Waals surface area contributed by atoms with Crippen LogP contribution in [0, 0.1) is 5.82 Å². The number of hydrogen-bond donors (Lipinski definition) is 2.